The molecular formula is C14H15N3O3. The topological polar surface area (TPSA) is 77.0 Å². The van der Waals surface area contributed by atoms with E-state index in [-0.39, 0.29) is 25.3 Å². The molecule has 0 fully saturated rings. The highest BCUT2D eigenvalue weighted by Gasteiger charge is 2.12. The maximum atomic E-state index is 12.3. The van der Waals surface area contributed by atoms with Crippen LogP contribution in [0.2, 0.25) is 0 Å². The van der Waals surface area contributed by atoms with Crippen molar-refractivity contribution in [1.29, 1.82) is 5.26 Å². The molecule has 0 amide bonds. The second-order valence-electron chi connectivity index (χ2n) is 4.24. The predicted molar refractivity (Wildman–Crippen MR) is 73.1 cm³/mol. The standard InChI is InChI=1S/C14H15N3O3/c1-2-16-11-5-3-4-6-12(11)17(14(16)19)9-7-13(18)20-10-8-15/h3-6H,2,7,9-10H2,1H3. The lowest BCUT2D eigenvalue weighted by Crippen LogP contribution is -2.25. The zero-order valence-electron chi connectivity index (χ0n) is 11.2. The zero-order valence-corrected chi connectivity index (χ0v) is 11.2. The van der Waals surface area contributed by atoms with Gasteiger partial charge in [0.15, 0.2) is 6.61 Å². The second-order valence-corrected chi connectivity index (χ2v) is 4.24. The smallest absolute Gasteiger partial charge is 0.329 e. The molecule has 0 aliphatic rings. The Hall–Kier alpha value is -2.55. The molecule has 1 aromatic heterocycles. The molecule has 0 spiro atoms. The van der Waals surface area contributed by atoms with Crippen LogP contribution in [0.4, 0.5) is 0 Å². The molecule has 2 aromatic rings. The van der Waals surface area contributed by atoms with Crippen LogP contribution in [0.1, 0.15) is 13.3 Å². The number of hydrogen-bond acceptors (Lipinski definition) is 4. The molecule has 6 heteroatoms. The summed E-state index contributed by atoms with van der Waals surface area (Å²) >= 11 is 0. The SMILES string of the molecule is CCn1c(=O)n(CCC(=O)OCC#N)c2ccccc21. The van der Waals surface area contributed by atoms with Gasteiger partial charge in [-0.2, -0.15) is 5.26 Å². The summed E-state index contributed by atoms with van der Waals surface area (Å²) in [5.74, 6) is -0.480. The summed E-state index contributed by atoms with van der Waals surface area (Å²) in [4.78, 5) is 23.7. The van der Waals surface area contributed by atoms with Crippen LogP contribution in [0.25, 0.3) is 11.0 Å². The van der Waals surface area contributed by atoms with Gasteiger partial charge >= 0.3 is 11.7 Å². The van der Waals surface area contributed by atoms with E-state index in [0.717, 1.165) is 11.0 Å². The van der Waals surface area contributed by atoms with Gasteiger partial charge in [0.05, 0.1) is 17.5 Å². The molecule has 0 N–H and O–H groups in total. The van der Waals surface area contributed by atoms with E-state index in [1.54, 1.807) is 15.2 Å². The lowest BCUT2D eigenvalue weighted by atomic mass is 10.3. The van der Waals surface area contributed by atoms with Crippen LogP contribution in [0.3, 0.4) is 0 Å². The minimum absolute atomic E-state index is 0.0688. The number of fused-ring (bicyclic) bond motifs is 1. The van der Waals surface area contributed by atoms with E-state index in [0.29, 0.717) is 6.54 Å². The Balaban J connectivity index is 2.27. The minimum atomic E-state index is -0.480. The average molecular weight is 273 g/mol. The van der Waals surface area contributed by atoms with Gasteiger partial charge in [0, 0.05) is 13.1 Å². The van der Waals surface area contributed by atoms with E-state index in [4.69, 9.17) is 5.26 Å². The summed E-state index contributed by atoms with van der Waals surface area (Å²) < 4.78 is 7.90. The molecule has 0 unspecified atom stereocenters. The third-order valence-electron chi connectivity index (χ3n) is 3.08. The normalized spacial score (nSPS) is 10.4. The molecular weight excluding hydrogens is 258 g/mol. The Morgan fingerprint density at radius 3 is 2.55 bits per heavy atom. The molecule has 20 heavy (non-hydrogen) atoms. The molecule has 2 rings (SSSR count). The van der Waals surface area contributed by atoms with E-state index in [9.17, 15) is 9.59 Å². The van der Waals surface area contributed by atoms with E-state index in [1.165, 1.54) is 0 Å². The molecule has 0 saturated carbocycles. The van der Waals surface area contributed by atoms with Gasteiger partial charge in [-0.25, -0.2) is 4.79 Å². The average Bonchev–Trinajstić information content (AvgIpc) is 2.74. The number of nitriles is 1. The van der Waals surface area contributed by atoms with Crippen LogP contribution in [0.15, 0.2) is 29.1 Å². The predicted octanol–water partition coefficient (Wildman–Crippen LogP) is 1.28. The molecule has 0 aliphatic carbocycles. The van der Waals surface area contributed by atoms with E-state index < -0.39 is 5.97 Å². The summed E-state index contributed by atoms with van der Waals surface area (Å²) in [6, 6.07) is 9.19. The van der Waals surface area contributed by atoms with Gasteiger partial charge in [-0.3, -0.25) is 13.9 Å². The van der Waals surface area contributed by atoms with Crippen molar-refractivity contribution in [3.8, 4) is 6.07 Å². The van der Waals surface area contributed by atoms with Crippen molar-refractivity contribution in [3.05, 3.63) is 34.7 Å². The van der Waals surface area contributed by atoms with Crippen LogP contribution in [-0.4, -0.2) is 21.7 Å². The second kappa shape index (κ2) is 6.06. The first-order chi connectivity index (χ1) is 9.69. The van der Waals surface area contributed by atoms with Crippen LogP contribution in [-0.2, 0) is 22.6 Å². The molecule has 104 valence electrons. The highest BCUT2D eigenvalue weighted by atomic mass is 16.5. The fourth-order valence-corrected chi connectivity index (χ4v) is 2.18. The van der Waals surface area contributed by atoms with Crippen molar-refractivity contribution in [2.45, 2.75) is 26.4 Å². The van der Waals surface area contributed by atoms with Gasteiger partial charge in [0.2, 0.25) is 0 Å². The van der Waals surface area contributed by atoms with E-state index in [2.05, 4.69) is 4.74 Å². The highest BCUT2D eigenvalue weighted by Crippen LogP contribution is 2.13. The number of aryl methyl sites for hydroxylation is 2. The Morgan fingerprint density at radius 2 is 1.95 bits per heavy atom. The Labute approximate surface area is 115 Å². The Bertz CT molecular complexity index is 721. The number of carbonyl (C=O) groups excluding carboxylic acids is 1. The van der Waals surface area contributed by atoms with Gasteiger partial charge in [0.1, 0.15) is 6.07 Å². The summed E-state index contributed by atoms with van der Waals surface area (Å²) in [5, 5.41) is 8.34. The maximum absolute atomic E-state index is 12.3. The third kappa shape index (κ3) is 2.57. The first-order valence-corrected chi connectivity index (χ1v) is 6.39. The highest BCUT2D eigenvalue weighted by molar-refractivity contribution is 5.76. The van der Waals surface area contributed by atoms with Gasteiger partial charge in [0.25, 0.3) is 0 Å². The number of esters is 1. The summed E-state index contributed by atoms with van der Waals surface area (Å²) in [7, 11) is 0. The first-order valence-electron chi connectivity index (χ1n) is 6.39. The molecule has 0 aliphatic heterocycles. The number of aromatic nitrogens is 2. The largest absolute Gasteiger partial charge is 0.450 e. The number of hydrogen-bond donors (Lipinski definition) is 0. The molecule has 6 nitrogen and oxygen atoms in total. The minimum Gasteiger partial charge on any atom is -0.450 e. The molecule has 1 aromatic carbocycles. The fourth-order valence-electron chi connectivity index (χ4n) is 2.18. The van der Waals surface area contributed by atoms with Crippen LogP contribution in [0.5, 0.6) is 0 Å². The maximum Gasteiger partial charge on any atom is 0.329 e. The van der Waals surface area contributed by atoms with Crippen molar-refractivity contribution in [1.82, 2.24) is 9.13 Å². The van der Waals surface area contributed by atoms with E-state index >= 15 is 0 Å². The van der Waals surface area contributed by atoms with E-state index in [1.807, 2.05) is 31.2 Å². The van der Waals surface area contributed by atoms with Gasteiger partial charge < -0.3 is 4.74 Å². The molecule has 0 atom stereocenters. The lowest BCUT2D eigenvalue weighted by Gasteiger charge is -2.02. The number of carbonyl (C=O) groups is 1. The molecule has 0 radical (unpaired) electrons. The van der Waals surface area contributed by atoms with Crippen molar-refractivity contribution >= 4 is 17.0 Å². The number of rotatable bonds is 5. The van der Waals surface area contributed by atoms with Crippen molar-refractivity contribution < 1.29 is 9.53 Å². The number of benzene rings is 1. The van der Waals surface area contributed by atoms with Gasteiger partial charge in [-0.1, -0.05) is 12.1 Å². The summed E-state index contributed by atoms with van der Waals surface area (Å²) in [6.07, 6.45) is 0.0688. The van der Waals surface area contributed by atoms with Crippen LogP contribution in [0, 0.1) is 11.3 Å². The first kappa shape index (κ1) is 13.9. The van der Waals surface area contributed by atoms with Gasteiger partial charge in [-0.05, 0) is 19.1 Å². The molecule has 0 bridgehead atoms. The summed E-state index contributed by atoms with van der Waals surface area (Å²) in [6.45, 7) is 2.46. The number of ether oxygens (including phenoxy) is 1. The fraction of sp³-hybridized carbons (Fsp3) is 0.357. The van der Waals surface area contributed by atoms with Gasteiger partial charge in [-0.15, -0.1) is 0 Å². The van der Waals surface area contributed by atoms with Crippen molar-refractivity contribution in [2.75, 3.05) is 6.61 Å². The lowest BCUT2D eigenvalue weighted by molar-refractivity contribution is -0.142. The molecule has 0 saturated heterocycles. The Kier molecular flexibility index (Phi) is 4.20. The van der Waals surface area contributed by atoms with Crippen LogP contribution < -0.4 is 5.69 Å². The number of para-hydroxylation sites is 2. The quantitative estimate of drug-likeness (QED) is 0.769. The molecule has 1 heterocycles. The van der Waals surface area contributed by atoms with Crippen LogP contribution >= 0.6 is 0 Å². The summed E-state index contributed by atoms with van der Waals surface area (Å²) in [5.41, 5.74) is 1.51. The van der Waals surface area contributed by atoms with Crippen molar-refractivity contribution in [2.24, 2.45) is 0 Å². The number of nitrogens with zero attached hydrogens (tertiary/aromatic N) is 3. The number of imidazole rings is 1. The van der Waals surface area contributed by atoms with Crippen molar-refractivity contribution in [3.63, 3.8) is 0 Å². The third-order valence-corrected chi connectivity index (χ3v) is 3.08. The Morgan fingerprint density at radius 1 is 1.30 bits per heavy atom. The monoisotopic (exact) mass is 273 g/mol. The zero-order chi connectivity index (χ0) is 14.5.